The van der Waals surface area contributed by atoms with E-state index in [0.29, 0.717) is 0 Å². The van der Waals surface area contributed by atoms with Crippen molar-refractivity contribution in [1.29, 1.82) is 0 Å². The van der Waals surface area contributed by atoms with Gasteiger partial charge in [-0.05, 0) is 36.4 Å². The van der Waals surface area contributed by atoms with E-state index in [2.05, 4.69) is 5.32 Å². The highest BCUT2D eigenvalue weighted by molar-refractivity contribution is 7.89. The van der Waals surface area contributed by atoms with Gasteiger partial charge >= 0.3 is 5.97 Å². The number of benzene rings is 2. The number of sulfonamides is 1. The lowest BCUT2D eigenvalue weighted by Crippen LogP contribution is -2.21. The third-order valence-corrected chi connectivity index (χ3v) is 4.43. The molecule has 0 fully saturated rings. The summed E-state index contributed by atoms with van der Waals surface area (Å²) in [5, 5.41) is 18.0. The number of nitrogens with zero attached hydrogens (tertiary/aromatic N) is 1. The zero-order valence-corrected chi connectivity index (χ0v) is 15.0. The normalized spacial score (nSPS) is 10.9. The minimum absolute atomic E-state index is 0.128. The molecule has 0 saturated heterocycles. The molecule has 0 saturated carbocycles. The van der Waals surface area contributed by atoms with Crippen molar-refractivity contribution in [3.63, 3.8) is 0 Å². The Morgan fingerprint density at radius 1 is 1.19 bits per heavy atom. The first-order valence-corrected chi connectivity index (χ1v) is 9.04. The van der Waals surface area contributed by atoms with Crippen molar-refractivity contribution in [2.24, 2.45) is 5.14 Å². The summed E-state index contributed by atoms with van der Waals surface area (Å²) in [6.45, 7) is -0.661. The smallest absolute Gasteiger partial charge is 0.338 e. The maximum atomic E-state index is 11.9. The van der Waals surface area contributed by atoms with Crippen LogP contribution in [-0.2, 0) is 19.6 Å². The highest BCUT2D eigenvalue weighted by Gasteiger charge is 2.18. The highest BCUT2D eigenvalue weighted by atomic mass is 35.5. The molecule has 12 heteroatoms. The van der Waals surface area contributed by atoms with Crippen LogP contribution in [0.1, 0.15) is 10.4 Å². The number of carbonyl (C=O) groups excluding carboxylic acids is 2. The molecular weight excluding hydrogens is 402 g/mol. The van der Waals surface area contributed by atoms with Crippen LogP contribution in [0.25, 0.3) is 0 Å². The van der Waals surface area contributed by atoms with E-state index in [4.69, 9.17) is 21.5 Å². The Balaban J connectivity index is 1.96. The number of nitro groups is 1. The van der Waals surface area contributed by atoms with Crippen molar-refractivity contribution in [2.45, 2.75) is 4.90 Å². The van der Waals surface area contributed by atoms with E-state index in [9.17, 15) is 28.1 Å². The molecule has 0 aliphatic rings. The molecule has 3 N–H and O–H groups in total. The standard InChI is InChI=1S/C15H12ClN3O7S/c16-12-6-1-9(7-13(12)19(22)23)15(21)26-8-14(20)18-10-2-4-11(5-3-10)27(17,24)25/h1-7H,8H2,(H,18,20)(H2,17,24,25). The van der Waals surface area contributed by atoms with E-state index in [-0.39, 0.29) is 21.2 Å². The molecule has 0 aromatic heterocycles. The van der Waals surface area contributed by atoms with E-state index < -0.39 is 39.1 Å². The Hall–Kier alpha value is -3.02. The lowest BCUT2D eigenvalue weighted by Gasteiger charge is -2.07. The fourth-order valence-electron chi connectivity index (χ4n) is 1.92. The lowest BCUT2D eigenvalue weighted by atomic mass is 10.2. The number of nitrogens with two attached hydrogens (primary N) is 1. The van der Waals surface area contributed by atoms with Gasteiger partial charge in [0, 0.05) is 11.8 Å². The Bertz CT molecular complexity index is 1010. The minimum atomic E-state index is -3.85. The molecule has 2 rings (SSSR count). The van der Waals surface area contributed by atoms with E-state index in [1.165, 1.54) is 36.4 Å². The second-order valence-corrected chi connectivity index (χ2v) is 7.09. The molecule has 1 amide bonds. The van der Waals surface area contributed by atoms with Crippen LogP contribution >= 0.6 is 11.6 Å². The fraction of sp³-hybridized carbons (Fsp3) is 0.0667. The van der Waals surface area contributed by atoms with Gasteiger partial charge in [-0.25, -0.2) is 18.4 Å². The van der Waals surface area contributed by atoms with Crippen molar-refractivity contribution < 1.29 is 27.7 Å². The minimum Gasteiger partial charge on any atom is -0.452 e. The number of ether oxygens (including phenoxy) is 1. The Morgan fingerprint density at radius 3 is 2.37 bits per heavy atom. The largest absolute Gasteiger partial charge is 0.452 e. The fourth-order valence-corrected chi connectivity index (χ4v) is 2.62. The van der Waals surface area contributed by atoms with Gasteiger partial charge < -0.3 is 10.1 Å². The summed E-state index contributed by atoms with van der Waals surface area (Å²) >= 11 is 5.65. The van der Waals surface area contributed by atoms with E-state index in [0.717, 1.165) is 6.07 Å². The molecule has 2 aromatic rings. The van der Waals surface area contributed by atoms with Crippen LogP contribution in [0.5, 0.6) is 0 Å². The number of esters is 1. The van der Waals surface area contributed by atoms with Gasteiger partial charge in [-0.3, -0.25) is 14.9 Å². The number of nitrogens with one attached hydrogen (secondary N) is 1. The number of amides is 1. The molecule has 10 nitrogen and oxygen atoms in total. The van der Waals surface area contributed by atoms with Crippen LogP contribution in [0.15, 0.2) is 47.4 Å². The molecule has 2 aromatic carbocycles. The van der Waals surface area contributed by atoms with Gasteiger partial charge in [0.25, 0.3) is 11.6 Å². The van der Waals surface area contributed by atoms with Crippen LogP contribution in [0, 0.1) is 10.1 Å². The number of hydrogen-bond acceptors (Lipinski definition) is 7. The Morgan fingerprint density at radius 2 is 1.81 bits per heavy atom. The Kier molecular flexibility index (Phi) is 6.10. The van der Waals surface area contributed by atoms with Gasteiger partial charge in [-0.2, -0.15) is 0 Å². The maximum absolute atomic E-state index is 11.9. The summed E-state index contributed by atoms with van der Waals surface area (Å²) in [5.74, 6) is -1.65. The van der Waals surface area contributed by atoms with Crippen molar-refractivity contribution in [1.82, 2.24) is 0 Å². The zero-order chi connectivity index (χ0) is 20.2. The summed E-state index contributed by atoms with van der Waals surface area (Å²) in [5.41, 5.74) is -0.354. The summed E-state index contributed by atoms with van der Waals surface area (Å²) in [6, 6.07) is 8.34. The van der Waals surface area contributed by atoms with Crippen molar-refractivity contribution in [3.8, 4) is 0 Å². The molecule has 0 spiro atoms. The van der Waals surface area contributed by atoms with Gasteiger partial charge in [0.05, 0.1) is 15.4 Å². The van der Waals surface area contributed by atoms with Crippen molar-refractivity contribution in [2.75, 3.05) is 11.9 Å². The molecule has 0 bridgehead atoms. The summed E-state index contributed by atoms with van der Waals surface area (Å²) < 4.78 is 27.1. The molecule has 0 aliphatic carbocycles. The van der Waals surface area contributed by atoms with Gasteiger partial charge in [-0.15, -0.1) is 0 Å². The summed E-state index contributed by atoms with van der Waals surface area (Å²) in [6.07, 6.45) is 0. The van der Waals surface area contributed by atoms with Gasteiger partial charge in [-0.1, -0.05) is 11.6 Å². The number of rotatable bonds is 6. The first-order chi connectivity index (χ1) is 12.6. The van der Waals surface area contributed by atoms with E-state index in [1.807, 2.05) is 0 Å². The van der Waals surface area contributed by atoms with E-state index in [1.54, 1.807) is 0 Å². The van der Waals surface area contributed by atoms with Crippen LogP contribution in [-0.4, -0.2) is 31.8 Å². The molecule has 0 aliphatic heterocycles. The number of halogens is 1. The van der Waals surface area contributed by atoms with Gasteiger partial charge in [0.15, 0.2) is 6.61 Å². The Labute approximate surface area is 158 Å². The molecule has 0 atom stereocenters. The van der Waals surface area contributed by atoms with Crippen molar-refractivity contribution >= 4 is 44.9 Å². The number of anilines is 1. The number of primary sulfonamides is 1. The second-order valence-electron chi connectivity index (χ2n) is 5.12. The lowest BCUT2D eigenvalue weighted by molar-refractivity contribution is -0.384. The average Bonchev–Trinajstić information content (AvgIpc) is 2.59. The van der Waals surface area contributed by atoms with Crippen LogP contribution < -0.4 is 10.5 Å². The first-order valence-electron chi connectivity index (χ1n) is 7.11. The highest BCUT2D eigenvalue weighted by Crippen LogP contribution is 2.25. The molecule has 0 radical (unpaired) electrons. The maximum Gasteiger partial charge on any atom is 0.338 e. The number of carbonyl (C=O) groups is 2. The molecule has 0 unspecified atom stereocenters. The zero-order valence-electron chi connectivity index (χ0n) is 13.4. The van der Waals surface area contributed by atoms with Gasteiger partial charge in [0.1, 0.15) is 5.02 Å². The van der Waals surface area contributed by atoms with Crippen LogP contribution in [0.2, 0.25) is 5.02 Å². The summed E-state index contributed by atoms with van der Waals surface area (Å²) in [4.78, 5) is 33.6. The molecular formula is C15H12ClN3O7S. The predicted molar refractivity (Wildman–Crippen MR) is 94.8 cm³/mol. The topological polar surface area (TPSA) is 159 Å². The predicted octanol–water partition coefficient (Wildman–Crippen LogP) is 1.69. The van der Waals surface area contributed by atoms with Crippen LogP contribution in [0.4, 0.5) is 11.4 Å². The number of nitro benzene ring substituents is 1. The SMILES string of the molecule is NS(=O)(=O)c1ccc(NC(=O)COC(=O)c2ccc(Cl)c([N+](=O)[O-])c2)cc1. The second kappa shape index (κ2) is 8.12. The third-order valence-electron chi connectivity index (χ3n) is 3.18. The van der Waals surface area contributed by atoms with Crippen LogP contribution in [0.3, 0.4) is 0 Å². The molecule has 27 heavy (non-hydrogen) atoms. The third kappa shape index (κ3) is 5.48. The summed E-state index contributed by atoms with van der Waals surface area (Å²) in [7, 11) is -3.85. The van der Waals surface area contributed by atoms with Gasteiger partial charge in [0.2, 0.25) is 10.0 Å². The van der Waals surface area contributed by atoms with E-state index >= 15 is 0 Å². The van der Waals surface area contributed by atoms with Crippen molar-refractivity contribution in [3.05, 3.63) is 63.2 Å². The molecule has 142 valence electrons. The average molecular weight is 414 g/mol. The molecule has 0 heterocycles. The first kappa shape index (κ1) is 20.3. The monoisotopic (exact) mass is 413 g/mol. The quantitative estimate of drug-likeness (QED) is 0.414. The number of hydrogen-bond donors (Lipinski definition) is 2.